The van der Waals surface area contributed by atoms with Crippen molar-refractivity contribution in [1.29, 1.82) is 0 Å². The second-order valence-corrected chi connectivity index (χ2v) is 5.17. The van der Waals surface area contributed by atoms with Gasteiger partial charge in [0, 0.05) is 10.5 Å². The minimum absolute atomic E-state index is 0.0181. The predicted molar refractivity (Wildman–Crippen MR) is 72.5 cm³/mol. The average Bonchev–Trinajstić information content (AvgIpc) is 2.86. The summed E-state index contributed by atoms with van der Waals surface area (Å²) in [6.07, 6.45) is 2.01. The standard InChI is InChI=1S/C13H12O2S2/c1-15-11-7-8-17-13(11)12(14)9-3-5-10(16-2)6-4-9/h3-8H,1-2H3. The van der Waals surface area contributed by atoms with Crippen LogP contribution in [0.5, 0.6) is 5.75 Å². The molecule has 4 heteroatoms. The number of thioether (sulfide) groups is 1. The Morgan fingerprint density at radius 2 is 1.94 bits per heavy atom. The van der Waals surface area contributed by atoms with Crippen molar-refractivity contribution in [3.8, 4) is 5.75 Å². The van der Waals surface area contributed by atoms with E-state index in [0.717, 1.165) is 4.90 Å². The fourth-order valence-corrected chi connectivity index (χ4v) is 2.73. The highest BCUT2D eigenvalue weighted by Crippen LogP contribution is 2.27. The zero-order valence-electron chi connectivity index (χ0n) is 9.60. The summed E-state index contributed by atoms with van der Waals surface area (Å²) in [5.74, 6) is 0.665. The highest BCUT2D eigenvalue weighted by Gasteiger charge is 2.15. The highest BCUT2D eigenvalue weighted by molar-refractivity contribution is 7.98. The number of ether oxygens (including phenoxy) is 1. The van der Waals surface area contributed by atoms with Crippen molar-refractivity contribution in [1.82, 2.24) is 0 Å². The molecule has 0 saturated carbocycles. The summed E-state index contributed by atoms with van der Waals surface area (Å²) in [5.41, 5.74) is 0.698. The van der Waals surface area contributed by atoms with E-state index in [2.05, 4.69) is 0 Å². The second-order valence-electron chi connectivity index (χ2n) is 3.38. The predicted octanol–water partition coefficient (Wildman–Crippen LogP) is 3.71. The molecule has 0 saturated heterocycles. The molecular weight excluding hydrogens is 252 g/mol. The fourth-order valence-electron chi connectivity index (χ4n) is 1.50. The number of carbonyl (C=O) groups excluding carboxylic acids is 1. The topological polar surface area (TPSA) is 26.3 Å². The van der Waals surface area contributed by atoms with E-state index in [-0.39, 0.29) is 5.78 Å². The summed E-state index contributed by atoms with van der Waals surface area (Å²) in [4.78, 5) is 14.0. The van der Waals surface area contributed by atoms with Gasteiger partial charge in [-0.2, -0.15) is 0 Å². The van der Waals surface area contributed by atoms with Crippen LogP contribution in [-0.2, 0) is 0 Å². The lowest BCUT2D eigenvalue weighted by Gasteiger charge is -2.03. The Kier molecular flexibility index (Phi) is 3.86. The van der Waals surface area contributed by atoms with Crippen molar-refractivity contribution >= 4 is 28.9 Å². The zero-order chi connectivity index (χ0) is 12.3. The number of benzene rings is 1. The monoisotopic (exact) mass is 264 g/mol. The van der Waals surface area contributed by atoms with E-state index in [4.69, 9.17) is 4.74 Å². The molecule has 1 heterocycles. The van der Waals surface area contributed by atoms with Gasteiger partial charge in [0.15, 0.2) is 0 Å². The van der Waals surface area contributed by atoms with E-state index in [1.54, 1.807) is 18.9 Å². The van der Waals surface area contributed by atoms with Crippen LogP contribution in [-0.4, -0.2) is 19.1 Å². The Balaban J connectivity index is 2.30. The third-order valence-corrected chi connectivity index (χ3v) is 4.05. The van der Waals surface area contributed by atoms with Gasteiger partial charge >= 0.3 is 0 Å². The Bertz CT molecular complexity index is 514. The van der Waals surface area contributed by atoms with Gasteiger partial charge in [0.05, 0.1) is 7.11 Å². The molecule has 0 aliphatic carbocycles. The Morgan fingerprint density at radius 1 is 1.24 bits per heavy atom. The first-order chi connectivity index (χ1) is 8.26. The molecule has 0 aliphatic rings. The molecule has 1 aromatic carbocycles. The number of hydrogen-bond acceptors (Lipinski definition) is 4. The van der Waals surface area contributed by atoms with E-state index < -0.39 is 0 Å². The largest absolute Gasteiger partial charge is 0.495 e. The third kappa shape index (κ3) is 2.53. The first-order valence-electron chi connectivity index (χ1n) is 5.06. The molecule has 1 aromatic heterocycles. The Morgan fingerprint density at radius 3 is 2.53 bits per heavy atom. The molecular formula is C13H12O2S2. The third-order valence-electron chi connectivity index (χ3n) is 2.41. The summed E-state index contributed by atoms with van der Waals surface area (Å²) in [6, 6.07) is 9.44. The lowest BCUT2D eigenvalue weighted by Crippen LogP contribution is -2.00. The summed E-state index contributed by atoms with van der Waals surface area (Å²) in [5, 5.41) is 1.86. The lowest BCUT2D eigenvalue weighted by atomic mass is 10.1. The van der Waals surface area contributed by atoms with Gasteiger partial charge < -0.3 is 4.74 Å². The van der Waals surface area contributed by atoms with Crippen LogP contribution in [0.3, 0.4) is 0 Å². The van der Waals surface area contributed by atoms with Crippen LogP contribution in [0.2, 0.25) is 0 Å². The van der Waals surface area contributed by atoms with E-state index in [1.807, 2.05) is 42.0 Å². The summed E-state index contributed by atoms with van der Waals surface area (Å²) < 4.78 is 5.16. The van der Waals surface area contributed by atoms with Gasteiger partial charge in [-0.1, -0.05) is 0 Å². The molecule has 0 unspecified atom stereocenters. The van der Waals surface area contributed by atoms with Crippen LogP contribution in [0.15, 0.2) is 40.6 Å². The van der Waals surface area contributed by atoms with Crippen LogP contribution in [0, 0.1) is 0 Å². The quantitative estimate of drug-likeness (QED) is 0.622. The van der Waals surface area contributed by atoms with E-state index in [1.165, 1.54) is 11.3 Å². The minimum Gasteiger partial charge on any atom is -0.495 e. The number of ketones is 1. The molecule has 0 spiro atoms. The maximum atomic E-state index is 12.2. The maximum Gasteiger partial charge on any atom is 0.206 e. The molecule has 0 atom stereocenters. The first kappa shape index (κ1) is 12.2. The van der Waals surface area contributed by atoms with Gasteiger partial charge in [-0.05, 0) is 42.0 Å². The molecule has 0 bridgehead atoms. The maximum absolute atomic E-state index is 12.2. The van der Waals surface area contributed by atoms with E-state index in [0.29, 0.717) is 16.2 Å². The average molecular weight is 264 g/mol. The molecule has 2 aromatic rings. The summed E-state index contributed by atoms with van der Waals surface area (Å²) in [7, 11) is 1.58. The van der Waals surface area contributed by atoms with Crippen LogP contribution < -0.4 is 4.74 Å². The normalized spacial score (nSPS) is 10.2. The molecule has 17 heavy (non-hydrogen) atoms. The van der Waals surface area contributed by atoms with Crippen LogP contribution in [0.4, 0.5) is 0 Å². The highest BCUT2D eigenvalue weighted by atomic mass is 32.2. The van der Waals surface area contributed by atoms with Gasteiger partial charge in [-0.25, -0.2) is 0 Å². The van der Waals surface area contributed by atoms with Crippen molar-refractivity contribution in [3.63, 3.8) is 0 Å². The summed E-state index contributed by atoms with van der Waals surface area (Å²) in [6.45, 7) is 0. The van der Waals surface area contributed by atoms with Crippen LogP contribution in [0.25, 0.3) is 0 Å². The second kappa shape index (κ2) is 5.38. The summed E-state index contributed by atoms with van der Waals surface area (Å²) >= 11 is 3.07. The lowest BCUT2D eigenvalue weighted by molar-refractivity contribution is 0.104. The zero-order valence-corrected chi connectivity index (χ0v) is 11.2. The smallest absolute Gasteiger partial charge is 0.206 e. The van der Waals surface area contributed by atoms with Crippen molar-refractivity contribution in [2.45, 2.75) is 4.90 Å². The fraction of sp³-hybridized carbons (Fsp3) is 0.154. The molecule has 88 valence electrons. The number of hydrogen-bond donors (Lipinski definition) is 0. The van der Waals surface area contributed by atoms with Crippen LogP contribution >= 0.6 is 23.1 Å². The molecule has 0 N–H and O–H groups in total. The molecule has 2 rings (SSSR count). The minimum atomic E-state index is 0.0181. The Hall–Kier alpha value is -1.26. The van der Waals surface area contributed by atoms with Crippen molar-refractivity contribution in [2.75, 3.05) is 13.4 Å². The van der Waals surface area contributed by atoms with Gasteiger partial charge in [0.1, 0.15) is 10.6 Å². The first-order valence-corrected chi connectivity index (χ1v) is 7.17. The molecule has 0 aliphatic heterocycles. The van der Waals surface area contributed by atoms with E-state index in [9.17, 15) is 4.79 Å². The number of carbonyl (C=O) groups is 1. The van der Waals surface area contributed by atoms with Gasteiger partial charge in [0.25, 0.3) is 0 Å². The molecule has 0 fully saturated rings. The number of methoxy groups -OCH3 is 1. The van der Waals surface area contributed by atoms with E-state index >= 15 is 0 Å². The van der Waals surface area contributed by atoms with Crippen molar-refractivity contribution in [2.24, 2.45) is 0 Å². The van der Waals surface area contributed by atoms with Crippen molar-refractivity contribution < 1.29 is 9.53 Å². The van der Waals surface area contributed by atoms with Gasteiger partial charge in [0.2, 0.25) is 5.78 Å². The van der Waals surface area contributed by atoms with Crippen molar-refractivity contribution in [3.05, 3.63) is 46.2 Å². The number of rotatable bonds is 4. The molecule has 0 amide bonds. The number of thiophene rings is 1. The SMILES string of the molecule is COc1ccsc1C(=O)c1ccc(SC)cc1. The van der Waals surface area contributed by atoms with Crippen LogP contribution in [0.1, 0.15) is 15.2 Å². The Labute approximate surface area is 109 Å². The molecule has 2 nitrogen and oxygen atoms in total. The van der Waals surface area contributed by atoms with Gasteiger partial charge in [-0.15, -0.1) is 23.1 Å². The molecule has 0 radical (unpaired) electrons. The van der Waals surface area contributed by atoms with Gasteiger partial charge in [-0.3, -0.25) is 4.79 Å².